The van der Waals surface area contributed by atoms with Gasteiger partial charge in [-0.25, -0.2) is 4.79 Å². The highest BCUT2D eigenvalue weighted by atomic mass is 79.9. The Labute approximate surface area is 150 Å². The molecule has 0 unspecified atom stereocenters. The van der Waals surface area contributed by atoms with Crippen molar-refractivity contribution in [1.29, 1.82) is 0 Å². The third-order valence-electron chi connectivity index (χ3n) is 4.30. The number of fused-ring (bicyclic) bond motifs is 2. The van der Waals surface area contributed by atoms with Crippen molar-refractivity contribution in [2.24, 2.45) is 11.8 Å². The van der Waals surface area contributed by atoms with Crippen LogP contribution in [0.3, 0.4) is 0 Å². The number of piperidine rings is 2. The van der Waals surface area contributed by atoms with Crippen molar-refractivity contribution in [3.05, 3.63) is 22.6 Å². The van der Waals surface area contributed by atoms with E-state index in [0.717, 1.165) is 6.42 Å². The van der Waals surface area contributed by atoms with Gasteiger partial charge in [-0.2, -0.15) is 0 Å². The normalized spacial score (nSPS) is 24.0. The Morgan fingerprint density at radius 1 is 1.12 bits per heavy atom. The van der Waals surface area contributed by atoms with Crippen LogP contribution in [-0.2, 0) is 4.74 Å². The van der Waals surface area contributed by atoms with Crippen LogP contribution in [0.2, 0.25) is 0 Å². The third-order valence-corrected chi connectivity index (χ3v) is 4.73. The molecule has 3 heterocycles. The molecule has 6 nitrogen and oxygen atoms in total. The van der Waals surface area contributed by atoms with Gasteiger partial charge in [0.15, 0.2) is 10.4 Å². The van der Waals surface area contributed by atoms with Crippen LogP contribution >= 0.6 is 15.9 Å². The fourth-order valence-electron chi connectivity index (χ4n) is 3.51. The Bertz CT molecular complexity index is 623. The fourth-order valence-corrected chi connectivity index (χ4v) is 3.81. The van der Waals surface area contributed by atoms with Gasteiger partial charge in [-0.15, -0.1) is 0 Å². The maximum absolute atomic E-state index is 12.6. The SMILES string of the molecule is CC(C)(C)OC(=O)N1C[C@H]2C[C@@H](C1)CN(C(=O)c1ccc(Br)o1)C2. The van der Waals surface area contributed by atoms with Gasteiger partial charge in [0.25, 0.3) is 5.91 Å². The summed E-state index contributed by atoms with van der Waals surface area (Å²) in [5, 5.41) is 0. The molecule has 0 radical (unpaired) electrons. The van der Waals surface area contributed by atoms with Gasteiger partial charge in [-0.3, -0.25) is 4.79 Å². The summed E-state index contributed by atoms with van der Waals surface area (Å²) in [6.07, 6.45) is 0.789. The second-order valence-electron chi connectivity index (χ2n) is 7.67. The largest absolute Gasteiger partial charge is 0.444 e. The highest BCUT2D eigenvalue weighted by molar-refractivity contribution is 9.10. The molecule has 2 bridgehead atoms. The molecule has 1 aromatic rings. The number of hydrogen-bond acceptors (Lipinski definition) is 4. The van der Waals surface area contributed by atoms with Gasteiger partial charge in [0, 0.05) is 26.2 Å². The molecule has 3 rings (SSSR count). The van der Waals surface area contributed by atoms with Gasteiger partial charge >= 0.3 is 6.09 Å². The lowest BCUT2D eigenvalue weighted by Gasteiger charge is -2.45. The molecule has 0 aromatic carbocycles. The van der Waals surface area contributed by atoms with Crippen molar-refractivity contribution in [3.63, 3.8) is 0 Å². The molecule has 2 amide bonds. The van der Waals surface area contributed by atoms with E-state index in [1.54, 1.807) is 17.0 Å². The van der Waals surface area contributed by atoms with Gasteiger partial charge in [0.1, 0.15) is 5.60 Å². The zero-order valence-electron chi connectivity index (χ0n) is 14.3. The minimum Gasteiger partial charge on any atom is -0.444 e. The average Bonchev–Trinajstić information content (AvgIpc) is 2.90. The molecule has 2 aliphatic rings. The molecule has 24 heavy (non-hydrogen) atoms. The van der Waals surface area contributed by atoms with Crippen LogP contribution in [0.4, 0.5) is 4.79 Å². The molecule has 7 heteroatoms. The average molecular weight is 399 g/mol. The first-order valence-corrected chi connectivity index (χ1v) is 9.03. The predicted molar refractivity (Wildman–Crippen MR) is 91.7 cm³/mol. The van der Waals surface area contributed by atoms with E-state index in [1.165, 1.54) is 0 Å². The molecule has 132 valence electrons. The summed E-state index contributed by atoms with van der Waals surface area (Å²) in [6, 6.07) is 3.41. The quantitative estimate of drug-likeness (QED) is 0.727. The summed E-state index contributed by atoms with van der Waals surface area (Å²) in [6.45, 7) is 8.18. The summed E-state index contributed by atoms with van der Waals surface area (Å²) < 4.78 is 11.4. The van der Waals surface area contributed by atoms with E-state index in [0.29, 0.717) is 36.6 Å². The molecule has 0 N–H and O–H groups in total. The second kappa shape index (κ2) is 6.43. The molecule has 2 fully saturated rings. The van der Waals surface area contributed by atoms with Crippen LogP contribution in [0.15, 0.2) is 21.2 Å². The summed E-state index contributed by atoms with van der Waals surface area (Å²) in [4.78, 5) is 28.5. The van der Waals surface area contributed by atoms with Gasteiger partial charge in [0.05, 0.1) is 0 Å². The molecule has 1 aromatic heterocycles. The number of rotatable bonds is 1. The minimum atomic E-state index is -0.488. The monoisotopic (exact) mass is 398 g/mol. The van der Waals surface area contributed by atoms with Crippen molar-refractivity contribution in [2.75, 3.05) is 26.2 Å². The van der Waals surface area contributed by atoms with Crippen molar-refractivity contribution < 1.29 is 18.7 Å². The number of halogens is 1. The number of amides is 2. The van der Waals surface area contributed by atoms with Gasteiger partial charge in [0.2, 0.25) is 0 Å². The summed E-state index contributed by atoms with van der Waals surface area (Å²) >= 11 is 3.23. The number of likely N-dealkylation sites (tertiary alicyclic amines) is 2. The van der Waals surface area contributed by atoms with Crippen molar-refractivity contribution in [2.45, 2.75) is 32.8 Å². The summed E-state index contributed by atoms with van der Waals surface area (Å²) in [5.74, 6) is 0.840. The Hall–Kier alpha value is -1.50. The standard InChI is InChI=1S/C17H23BrN2O4/c1-17(2,3)24-16(22)20-9-11-6-12(10-20)8-19(7-11)15(21)13-4-5-14(18)23-13/h4-5,11-12H,6-10H2,1-3H3/t11-,12+. The maximum Gasteiger partial charge on any atom is 0.410 e. The Morgan fingerprint density at radius 2 is 1.71 bits per heavy atom. The van der Waals surface area contributed by atoms with Crippen LogP contribution in [0.1, 0.15) is 37.7 Å². The topological polar surface area (TPSA) is 63.0 Å². The third kappa shape index (κ3) is 3.94. The smallest absolute Gasteiger partial charge is 0.410 e. The van der Waals surface area contributed by atoms with E-state index >= 15 is 0 Å². The lowest BCUT2D eigenvalue weighted by molar-refractivity contribution is -0.00764. The van der Waals surface area contributed by atoms with E-state index in [2.05, 4.69) is 15.9 Å². The Morgan fingerprint density at radius 3 is 2.21 bits per heavy atom. The number of ether oxygens (including phenoxy) is 1. The minimum absolute atomic E-state index is 0.0823. The van der Waals surface area contributed by atoms with Crippen LogP contribution in [-0.4, -0.2) is 53.6 Å². The number of nitrogens with zero attached hydrogens (tertiary/aromatic N) is 2. The first kappa shape index (κ1) is 17.3. The van der Waals surface area contributed by atoms with Crippen LogP contribution in [0.5, 0.6) is 0 Å². The van der Waals surface area contributed by atoms with Crippen LogP contribution in [0, 0.1) is 11.8 Å². The van der Waals surface area contributed by atoms with Crippen molar-refractivity contribution >= 4 is 27.9 Å². The lowest BCUT2D eigenvalue weighted by Crippen LogP contribution is -2.55. The molecule has 2 aliphatic heterocycles. The van der Waals surface area contributed by atoms with Crippen LogP contribution < -0.4 is 0 Å². The fraction of sp³-hybridized carbons (Fsp3) is 0.647. The molecule has 0 spiro atoms. The van der Waals surface area contributed by atoms with E-state index in [4.69, 9.17) is 9.15 Å². The molecular weight excluding hydrogens is 376 g/mol. The number of carbonyl (C=O) groups excluding carboxylic acids is 2. The highest BCUT2D eigenvalue weighted by Gasteiger charge is 2.39. The molecule has 2 saturated heterocycles. The number of furan rings is 1. The van der Waals surface area contributed by atoms with E-state index < -0.39 is 5.60 Å². The van der Waals surface area contributed by atoms with E-state index in [-0.39, 0.29) is 23.8 Å². The Kier molecular flexibility index (Phi) is 4.64. The second-order valence-corrected chi connectivity index (χ2v) is 8.45. The summed E-state index contributed by atoms with van der Waals surface area (Å²) in [7, 11) is 0. The molecule has 0 saturated carbocycles. The highest BCUT2D eigenvalue weighted by Crippen LogP contribution is 2.30. The first-order valence-electron chi connectivity index (χ1n) is 8.24. The summed E-state index contributed by atoms with van der Waals surface area (Å²) in [5.41, 5.74) is -0.488. The first-order chi connectivity index (χ1) is 11.2. The predicted octanol–water partition coefficient (Wildman–Crippen LogP) is 3.37. The van der Waals surface area contributed by atoms with Gasteiger partial charge < -0.3 is 19.0 Å². The van der Waals surface area contributed by atoms with Gasteiger partial charge in [-0.05, 0) is 67.1 Å². The molecular formula is C17H23BrN2O4. The van der Waals surface area contributed by atoms with E-state index in [9.17, 15) is 9.59 Å². The number of carbonyl (C=O) groups is 2. The molecule has 0 aliphatic carbocycles. The number of hydrogen-bond donors (Lipinski definition) is 0. The van der Waals surface area contributed by atoms with Crippen molar-refractivity contribution in [1.82, 2.24) is 9.80 Å². The zero-order valence-corrected chi connectivity index (χ0v) is 15.8. The Balaban J connectivity index is 1.63. The zero-order chi connectivity index (χ0) is 17.5. The molecule has 2 atom stereocenters. The maximum atomic E-state index is 12.6. The van der Waals surface area contributed by atoms with Crippen molar-refractivity contribution in [3.8, 4) is 0 Å². The van der Waals surface area contributed by atoms with E-state index in [1.807, 2.05) is 25.7 Å². The van der Waals surface area contributed by atoms with Gasteiger partial charge in [-0.1, -0.05) is 0 Å². The lowest BCUT2D eigenvalue weighted by atomic mass is 9.84. The van der Waals surface area contributed by atoms with Crippen LogP contribution in [0.25, 0.3) is 0 Å².